The number of benzene rings is 2. The molecule has 238 valence electrons. The summed E-state index contributed by atoms with van der Waals surface area (Å²) >= 11 is 0. The van der Waals surface area contributed by atoms with Crippen LogP contribution in [-0.2, 0) is 14.3 Å². The lowest BCUT2D eigenvalue weighted by molar-refractivity contribution is -0.131. The van der Waals surface area contributed by atoms with Crippen molar-refractivity contribution in [1.82, 2.24) is 14.9 Å². The highest BCUT2D eigenvalue weighted by atomic mass is 16.5. The fraction of sp³-hybridized carbons (Fsp3) is 0.389. The Morgan fingerprint density at radius 2 is 1.76 bits per heavy atom. The number of pyridine rings is 2. The van der Waals surface area contributed by atoms with Gasteiger partial charge in [-0.2, -0.15) is 0 Å². The van der Waals surface area contributed by atoms with E-state index < -0.39 is 5.41 Å². The Morgan fingerprint density at radius 3 is 2.46 bits per heavy atom. The lowest BCUT2D eigenvalue weighted by atomic mass is 9.87. The first kappa shape index (κ1) is 30.1. The fourth-order valence-electron chi connectivity index (χ4n) is 6.67. The Kier molecular flexibility index (Phi) is 7.86. The number of rotatable bonds is 9. The zero-order valence-electron chi connectivity index (χ0n) is 26.5. The summed E-state index contributed by atoms with van der Waals surface area (Å²) in [6.45, 7) is 7.97. The Morgan fingerprint density at radius 1 is 0.957 bits per heavy atom. The number of likely N-dealkylation sites (tertiary alicyclic amines) is 1. The largest absolute Gasteiger partial charge is 0.496 e. The molecule has 46 heavy (non-hydrogen) atoms. The van der Waals surface area contributed by atoms with Gasteiger partial charge in [0.05, 0.1) is 25.4 Å². The van der Waals surface area contributed by atoms with E-state index in [4.69, 9.17) is 14.2 Å². The molecule has 1 aliphatic carbocycles. The molecule has 10 heteroatoms. The molecule has 3 fully saturated rings. The summed E-state index contributed by atoms with van der Waals surface area (Å²) in [6, 6.07) is 17.0. The molecule has 3 aliphatic rings. The van der Waals surface area contributed by atoms with Crippen LogP contribution in [0.1, 0.15) is 49.8 Å². The highest BCUT2D eigenvalue weighted by molar-refractivity contribution is 6.16. The van der Waals surface area contributed by atoms with E-state index in [1.165, 1.54) is 0 Å². The third-order valence-corrected chi connectivity index (χ3v) is 9.84. The van der Waals surface area contributed by atoms with E-state index in [1.54, 1.807) is 31.6 Å². The molecule has 7 rings (SSSR count). The van der Waals surface area contributed by atoms with Gasteiger partial charge in [0, 0.05) is 47.4 Å². The van der Waals surface area contributed by atoms with E-state index >= 15 is 0 Å². The summed E-state index contributed by atoms with van der Waals surface area (Å²) in [6.07, 6.45) is 6.55. The van der Waals surface area contributed by atoms with Crippen molar-refractivity contribution in [3.05, 3.63) is 78.1 Å². The third-order valence-electron chi connectivity index (χ3n) is 9.84. The summed E-state index contributed by atoms with van der Waals surface area (Å²) in [4.78, 5) is 37.6. The van der Waals surface area contributed by atoms with E-state index in [1.807, 2.05) is 43.3 Å². The molecule has 2 saturated heterocycles. The molecule has 1 spiro atoms. The monoisotopic (exact) mass is 621 g/mol. The normalized spacial score (nSPS) is 20.8. The van der Waals surface area contributed by atoms with E-state index in [9.17, 15) is 9.59 Å². The molecule has 2 aromatic carbocycles. The van der Waals surface area contributed by atoms with E-state index in [-0.39, 0.29) is 23.3 Å². The third kappa shape index (κ3) is 5.78. The van der Waals surface area contributed by atoms with Crippen LogP contribution in [0.3, 0.4) is 0 Å². The molecule has 2 unspecified atom stereocenters. The molecule has 1 saturated carbocycles. The minimum Gasteiger partial charge on any atom is -0.496 e. The highest BCUT2D eigenvalue weighted by Gasteiger charge is 2.56. The van der Waals surface area contributed by atoms with Gasteiger partial charge in [0.15, 0.2) is 0 Å². The number of fused-ring (bicyclic) bond motifs is 1. The summed E-state index contributed by atoms with van der Waals surface area (Å²) in [5, 5.41) is 6.50. The van der Waals surface area contributed by atoms with Crippen LogP contribution < -0.4 is 20.1 Å². The number of nitrogens with zero attached hydrogens (tertiary/aromatic N) is 3. The maximum Gasteiger partial charge on any atom is 0.241 e. The smallest absolute Gasteiger partial charge is 0.241 e. The second kappa shape index (κ2) is 12.0. The van der Waals surface area contributed by atoms with Crippen LogP contribution in [0.4, 0.5) is 11.5 Å². The first-order valence-corrected chi connectivity index (χ1v) is 15.9. The van der Waals surface area contributed by atoms with Gasteiger partial charge in [-0.15, -0.1) is 0 Å². The van der Waals surface area contributed by atoms with E-state index in [0.29, 0.717) is 35.8 Å². The molecular formula is C36H39N5O5. The predicted octanol–water partition coefficient (Wildman–Crippen LogP) is 6.27. The minimum absolute atomic E-state index is 0.168. The summed E-state index contributed by atoms with van der Waals surface area (Å²) < 4.78 is 17.9. The van der Waals surface area contributed by atoms with Gasteiger partial charge in [-0.3, -0.25) is 19.5 Å². The second-order valence-corrected chi connectivity index (χ2v) is 13.0. The quantitative estimate of drug-likeness (QED) is 0.210. The van der Waals surface area contributed by atoms with Crippen LogP contribution in [0.15, 0.2) is 67.0 Å². The maximum atomic E-state index is 13.1. The Balaban J connectivity index is 1.03. The van der Waals surface area contributed by atoms with E-state index in [2.05, 4.69) is 38.5 Å². The number of aromatic nitrogens is 2. The molecular weight excluding hydrogens is 582 g/mol. The maximum absolute atomic E-state index is 13.1. The van der Waals surface area contributed by atoms with Gasteiger partial charge in [-0.1, -0.05) is 17.7 Å². The van der Waals surface area contributed by atoms with Crippen LogP contribution in [0, 0.1) is 17.8 Å². The molecule has 0 bridgehead atoms. The van der Waals surface area contributed by atoms with Crippen molar-refractivity contribution < 1.29 is 23.8 Å². The van der Waals surface area contributed by atoms with Crippen molar-refractivity contribution in [2.45, 2.75) is 45.6 Å². The number of methoxy groups -OCH3 is 1. The van der Waals surface area contributed by atoms with Crippen molar-refractivity contribution in [2.24, 2.45) is 10.8 Å². The molecule has 4 aromatic rings. The Labute approximate surface area is 268 Å². The lowest BCUT2D eigenvalue weighted by Crippen LogP contribution is -2.35. The molecule has 2 aromatic heterocycles. The molecule has 4 heterocycles. The molecule has 2 aliphatic heterocycles. The Bertz CT molecular complexity index is 1760. The van der Waals surface area contributed by atoms with Crippen LogP contribution in [-0.4, -0.2) is 60.1 Å². The molecule has 2 atom stereocenters. The number of nitrogens with one attached hydrogen (secondary N) is 2. The number of amides is 2. The van der Waals surface area contributed by atoms with Crippen molar-refractivity contribution >= 4 is 34.2 Å². The second-order valence-electron chi connectivity index (χ2n) is 13.0. The predicted molar refractivity (Wildman–Crippen MR) is 175 cm³/mol. The number of carbonyl (C=O) groups excluding carboxylic acids is 2. The van der Waals surface area contributed by atoms with Gasteiger partial charge in [-0.05, 0) is 88.5 Å². The number of carbonyl (C=O) groups is 2. The summed E-state index contributed by atoms with van der Waals surface area (Å²) in [5.41, 5.74) is 2.86. The fourth-order valence-corrected chi connectivity index (χ4v) is 6.67. The van der Waals surface area contributed by atoms with E-state index in [0.717, 1.165) is 66.9 Å². The number of hydrogen-bond acceptors (Lipinski definition) is 8. The SMILES string of the molecule is COc1cc2c(Oc3ccc(NC(=O)C4(C(=O)Nc5ccc(C)cc5)CC4)nc3)ccnc2cc1C(C)N1CCC2(CCOC2)C1. The number of aryl methyl sites for hydroxylation is 1. The van der Waals surface area contributed by atoms with Crippen LogP contribution in [0.25, 0.3) is 10.9 Å². The molecule has 10 nitrogen and oxygen atoms in total. The van der Waals surface area contributed by atoms with Crippen LogP contribution in [0.2, 0.25) is 0 Å². The Hall–Kier alpha value is -4.54. The first-order chi connectivity index (χ1) is 22.3. The highest BCUT2D eigenvalue weighted by Crippen LogP contribution is 2.48. The van der Waals surface area contributed by atoms with Crippen molar-refractivity contribution in [3.63, 3.8) is 0 Å². The van der Waals surface area contributed by atoms with Crippen LogP contribution in [0.5, 0.6) is 17.2 Å². The summed E-state index contributed by atoms with van der Waals surface area (Å²) in [7, 11) is 1.69. The van der Waals surface area contributed by atoms with Gasteiger partial charge >= 0.3 is 0 Å². The number of hydrogen-bond donors (Lipinski definition) is 2. The number of anilines is 2. The van der Waals surface area contributed by atoms with Gasteiger partial charge in [-0.25, -0.2) is 4.98 Å². The van der Waals surface area contributed by atoms with Gasteiger partial charge in [0.1, 0.15) is 28.5 Å². The van der Waals surface area contributed by atoms with Crippen LogP contribution >= 0.6 is 0 Å². The zero-order valence-corrected chi connectivity index (χ0v) is 26.5. The lowest BCUT2D eigenvalue weighted by Gasteiger charge is -2.28. The molecule has 2 amide bonds. The average molecular weight is 622 g/mol. The molecule has 2 N–H and O–H groups in total. The summed E-state index contributed by atoms with van der Waals surface area (Å²) in [5.74, 6) is 1.59. The van der Waals surface area contributed by atoms with Gasteiger partial charge < -0.3 is 24.8 Å². The van der Waals surface area contributed by atoms with Crippen molar-refractivity contribution in [1.29, 1.82) is 0 Å². The zero-order chi connectivity index (χ0) is 31.9. The minimum atomic E-state index is -1.09. The topological polar surface area (TPSA) is 115 Å². The van der Waals surface area contributed by atoms with Gasteiger partial charge in [0.2, 0.25) is 11.8 Å². The molecule has 0 radical (unpaired) electrons. The standard InChI is InChI=1S/C36H39N5O5/c1-23-4-6-25(7-5-23)39-33(42)36(11-12-36)34(43)40-32-9-8-26(20-38-32)46-30-10-15-37-29-18-27(31(44-3)19-28(29)30)24(2)41-16-13-35(21-41)14-17-45-22-35/h4-10,15,18-20,24H,11-14,16-17,21-22H2,1-3H3,(H,39,42)(H,38,40,43). The van der Waals surface area contributed by atoms with Crippen molar-refractivity contribution in [3.8, 4) is 17.2 Å². The number of ether oxygens (including phenoxy) is 3. The average Bonchev–Trinajstić information content (AvgIpc) is 3.60. The van der Waals surface area contributed by atoms with Gasteiger partial charge in [0.25, 0.3) is 0 Å². The first-order valence-electron chi connectivity index (χ1n) is 15.9. The van der Waals surface area contributed by atoms with Crippen molar-refractivity contribution in [2.75, 3.05) is 44.0 Å².